The molecule has 0 unspecified atom stereocenters. The van der Waals surface area contributed by atoms with Gasteiger partial charge in [-0.2, -0.15) is 5.26 Å². The highest BCUT2D eigenvalue weighted by molar-refractivity contribution is 7.98. The molecular weight excluding hydrogens is 285 g/mol. The van der Waals surface area contributed by atoms with Crippen LogP contribution in [0.5, 0.6) is 0 Å². The fourth-order valence-corrected chi connectivity index (χ4v) is 2.69. The maximum Gasteiger partial charge on any atom is 0.100 e. The average molecular weight is 294 g/mol. The van der Waals surface area contributed by atoms with E-state index >= 15 is 0 Å². The van der Waals surface area contributed by atoms with Crippen molar-refractivity contribution in [2.24, 2.45) is 0 Å². The first-order valence-electron chi connectivity index (χ1n) is 5.26. The Morgan fingerprint density at radius 1 is 1.00 bits per heavy atom. The summed E-state index contributed by atoms with van der Waals surface area (Å²) in [7, 11) is 0. The molecule has 0 spiro atoms. The van der Waals surface area contributed by atoms with Gasteiger partial charge >= 0.3 is 0 Å². The van der Waals surface area contributed by atoms with Gasteiger partial charge in [-0.3, -0.25) is 0 Å². The second kappa shape index (κ2) is 6.15. The third-order valence-electron chi connectivity index (χ3n) is 2.37. The zero-order chi connectivity index (χ0) is 13.0. The zero-order valence-electron chi connectivity index (χ0n) is 9.36. The van der Waals surface area contributed by atoms with Gasteiger partial charge in [0.25, 0.3) is 0 Å². The van der Waals surface area contributed by atoms with Crippen LogP contribution >= 0.6 is 35.0 Å². The normalized spacial score (nSPS) is 10.1. The van der Waals surface area contributed by atoms with E-state index in [1.165, 1.54) is 5.56 Å². The minimum absolute atomic E-state index is 0.586. The summed E-state index contributed by atoms with van der Waals surface area (Å²) in [5.74, 6) is 0.799. The van der Waals surface area contributed by atoms with E-state index in [4.69, 9.17) is 28.5 Å². The fourth-order valence-electron chi connectivity index (χ4n) is 1.46. The summed E-state index contributed by atoms with van der Waals surface area (Å²) in [4.78, 5) is 0.942. The molecule has 0 aliphatic carbocycles. The number of benzene rings is 2. The number of hydrogen-bond acceptors (Lipinski definition) is 2. The van der Waals surface area contributed by atoms with Crippen LogP contribution in [0.1, 0.15) is 11.1 Å². The molecule has 0 aliphatic heterocycles. The van der Waals surface area contributed by atoms with Gasteiger partial charge < -0.3 is 0 Å². The highest BCUT2D eigenvalue weighted by atomic mass is 35.5. The molecule has 0 N–H and O–H groups in total. The molecule has 0 aromatic heterocycles. The Labute approximate surface area is 120 Å². The Morgan fingerprint density at radius 3 is 2.33 bits per heavy atom. The number of rotatable bonds is 3. The van der Waals surface area contributed by atoms with E-state index in [2.05, 4.69) is 6.07 Å². The first-order chi connectivity index (χ1) is 8.69. The molecule has 2 aromatic rings. The van der Waals surface area contributed by atoms with Gasteiger partial charge in [-0.25, -0.2) is 0 Å². The molecule has 0 amide bonds. The third kappa shape index (κ3) is 3.43. The van der Waals surface area contributed by atoms with Crippen LogP contribution in [-0.2, 0) is 5.75 Å². The molecule has 0 atom stereocenters. The summed E-state index contributed by atoms with van der Waals surface area (Å²) in [5, 5.41) is 10.4. The van der Waals surface area contributed by atoms with Crippen LogP contribution in [0.15, 0.2) is 47.4 Å². The predicted octanol–water partition coefficient (Wildman–Crippen LogP) is 5.16. The van der Waals surface area contributed by atoms with Crippen LogP contribution in [0.2, 0.25) is 10.0 Å². The number of hydrogen-bond donors (Lipinski definition) is 0. The summed E-state index contributed by atoms with van der Waals surface area (Å²) >= 11 is 13.3. The monoisotopic (exact) mass is 293 g/mol. The number of thioether (sulfide) groups is 1. The first kappa shape index (κ1) is 13.3. The van der Waals surface area contributed by atoms with Gasteiger partial charge in [0.15, 0.2) is 0 Å². The molecule has 4 heteroatoms. The topological polar surface area (TPSA) is 23.8 Å². The maximum absolute atomic E-state index is 9.04. The lowest BCUT2D eigenvalue weighted by Crippen LogP contribution is -1.84. The largest absolute Gasteiger partial charge is 0.192 e. The Hall–Kier alpha value is -1.14. The molecule has 2 aromatic carbocycles. The highest BCUT2D eigenvalue weighted by Gasteiger charge is 2.04. The summed E-state index contributed by atoms with van der Waals surface area (Å²) in [6, 6.07) is 15.2. The predicted molar refractivity (Wildman–Crippen MR) is 77.2 cm³/mol. The zero-order valence-corrected chi connectivity index (χ0v) is 11.7. The molecule has 2 rings (SSSR count). The van der Waals surface area contributed by atoms with Gasteiger partial charge in [0, 0.05) is 20.7 Å². The van der Waals surface area contributed by atoms with Gasteiger partial charge in [0.2, 0.25) is 0 Å². The molecule has 1 nitrogen and oxygen atoms in total. The van der Waals surface area contributed by atoms with Crippen molar-refractivity contribution >= 4 is 35.0 Å². The van der Waals surface area contributed by atoms with E-state index in [0.29, 0.717) is 10.6 Å². The molecule has 0 saturated carbocycles. The summed E-state index contributed by atoms with van der Waals surface area (Å²) < 4.78 is 0. The molecular formula is C14H9Cl2NS. The SMILES string of the molecule is N#Cc1cc(Cl)ccc1SCc1ccc(Cl)cc1. The summed E-state index contributed by atoms with van der Waals surface area (Å²) in [6.45, 7) is 0. The van der Waals surface area contributed by atoms with Crippen LogP contribution in [-0.4, -0.2) is 0 Å². The van der Waals surface area contributed by atoms with Crippen LogP contribution < -0.4 is 0 Å². The van der Waals surface area contributed by atoms with Gasteiger partial charge in [0.05, 0.1) is 5.56 Å². The number of halogens is 2. The molecule has 18 heavy (non-hydrogen) atoms. The van der Waals surface area contributed by atoms with Crippen molar-refractivity contribution in [1.29, 1.82) is 5.26 Å². The second-order valence-electron chi connectivity index (χ2n) is 3.67. The van der Waals surface area contributed by atoms with Crippen LogP contribution in [0.25, 0.3) is 0 Å². The highest BCUT2D eigenvalue weighted by Crippen LogP contribution is 2.28. The maximum atomic E-state index is 9.04. The standard InChI is InChI=1S/C14H9Cl2NS/c15-12-3-1-10(2-4-12)9-18-14-6-5-13(16)7-11(14)8-17/h1-7H,9H2. The Morgan fingerprint density at radius 2 is 1.67 bits per heavy atom. The van der Waals surface area contributed by atoms with Crippen LogP contribution in [0.4, 0.5) is 0 Å². The molecule has 0 radical (unpaired) electrons. The lowest BCUT2D eigenvalue weighted by molar-refractivity contribution is 1.34. The van der Waals surface area contributed by atoms with E-state index in [0.717, 1.165) is 15.7 Å². The molecule has 90 valence electrons. The number of nitriles is 1. The van der Waals surface area contributed by atoms with E-state index in [9.17, 15) is 0 Å². The molecule has 0 bridgehead atoms. The summed E-state index contributed by atoms with van der Waals surface area (Å²) in [6.07, 6.45) is 0. The molecule has 0 saturated heterocycles. The van der Waals surface area contributed by atoms with E-state index < -0.39 is 0 Å². The first-order valence-corrected chi connectivity index (χ1v) is 7.00. The van der Waals surface area contributed by atoms with Crippen LogP contribution in [0, 0.1) is 11.3 Å². The average Bonchev–Trinajstić information content (AvgIpc) is 2.39. The van der Waals surface area contributed by atoms with Crippen LogP contribution in [0.3, 0.4) is 0 Å². The fraction of sp³-hybridized carbons (Fsp3) is 0.0714. The van der Waals surface area contributed by atoms with E-state index in [1.54, 1.807) is 23.9 Å². The van der Waals surface area contributed by atoms with Crippen molar-refractivity contribution in [3.8, 4) is 6.07 Å². The van der Waals surface area contributed by atoms with Crippen molar-refractivity contribution in [3.05, 3.63) is 63.6 Å². The van der Waals surface area contributed by atoms with Gasteiger partial charge in [-0.05, 0) is 35.9 Å². The lowest BCUT2D eigenvalue weighted by atomic mass is 10.2. The quantitative estimate of drug-likeness (QED) is 0.730. The van der Waals surface area contributed by atoms with Crippen molar-refractivity contribution in [3.63, 3.8) is 0 Å². The van der Waals surface area contributed by atoms with E-state index in [-0.39, 0.29) is 0 Å². The lowest BCUT2D eigenvalue weighted by Gasteiger charge is -2.04. The Bertz CT molecular complexity index is 588. The van der Waals surface area contributed by atoms with Crippen molar-refractivity contribution in [2.45, 2.75) is 10.6 Å². The van der Waals surface area contributed by atoms with Crippen molar-refractivity contribution in [1.82, 2.24) is 0 Å². The van der Waals surface area contributed by atoms with E-state index in [1.807, 2.05) is 30.3 Å². The smallest absolute Gasteiger partial charge is 0.100 e. The minimum Gasteiger partial charge on any atom is -0.192 e. The van der Waals surface area contributed by atoms with Crippen molar-refractivity contribution < 1.29 is 0 Å². The minimum atomic E-state index is 0.586. The Kier molecular flexibility index (Phi) is 4.54. The Balaban J connectivity index is 2.11. The molecule has 0 aliphatic rings. The summed E-state index contributed by atoms with van der Waals surface area (Å²) in [5.41, 5.74) is 1.78. The van der Waals surface area contributed by atoms with Gasteiger partial charge in [-0.1, -0.05) is 35.3 Å². The number of nitrogens with zero attached hydrogens (tertiary/aromatic N) is 1. The molecule has 0 heterocycles. The van der Waals surface area contributed by atoms with Crippen molar-refractivity contribution in [2.75, 3.05) is 0 Å². The molecule has 0 fully saturated rings. The van der Waals surface area contributed by atoms with Gasteiger partial charge in [-0.15, -0.1) is 11.8 Å². The second-order valence-corrected chi connectivity index (χ2v) is 5.56. The third-order valence-corrected chi connectivity index (χ3v) is 4.00. The van der Waals surface area contributed by atoms with Gasteiger partial charge in [0.1, 0.15) is 6.07 Å².